The maximum absolute atomic E-state index is 13.7. The Morgan fingerprint density at radius 2 is 2.11 bits per heavy atom. The van der Waals surface area contributed by atoms with Crippen LogP contribution in [0.5, 0.6) is 0 Å². The number of aliphatic hydroxyl groups is 1. The topological polar surface area (TPSA) is 20.2 Å². The van der Waals surface area contributed by atoms with E-state index in [0.29, 0.717) is 5.56 Å². The van der Waals surface area contributed by atoms with Crippen molar-refractivity contribution in [2.45, 2.75) is 39.2 Å². The van der Waals surface area contributed by atoms with Crippen LogP contribution < -0.4 is 0 Å². The molecule has 18 heavy (non-hydrogen) atoms. The Morgan fingerprint density at radius 1 is 1.39 bits per heavy atom. The largest absolute Gasteiger partial charge is 0.378 e. The van der Waals surface area contributed by atoms with E-state index in [-0.39, 0.29) is 5.82 Å². The molecule has 96 valence electrons. The van der Waals surface area contributed by atoms with E-state index in [9.17, 15) is 9.50 Å². The van der Waals surface area contributed by atoms with Crippen LogP contribution in [0.2, 0.25) is 0 Å². The zero-order chi connectivity index (χ0) is 13.6. The average Bonchev–Trinajstić information content (AvgIpc) is 2.27. The molecule has 0 aliphatic heterocycles. The van der Waals surface area contributed by atoms with E-state index in [4.69, 9.17) is 0 Å². The lowest BCUT2D eigenvalue weighted by Crippen LogP contribution is -2.14. The molecule has 1 aromatic rings. The van der Waals surface area contributed by atoms with Crippen molar-refractivity contribution < 1.29 is 9.50 Å². The van der Waals surface area contributed by atoms with Crippen molar-refractivity contribution in [3.05, 3.63) is 41.2 Å². The zero-order valence-electron chi connectivity index (χ0n) is 11.1. The van der Waals surface area contributed by atoms with Crippen LogP contribution in [0, 0.1) is 17.7 Å². The van der Waals surface area contributed by atoms with Gasteiger partial charge in [0.25, 0.3) is 0 Å². The van der Waals surface area contributed by atoms with Crippen LogP contribution in [0.15, 0.2) is 24.3 Å². The molecular weight excluding hydrogens is 227 g/mol. The second-order valence-corrected chi connectivity index (χ2v) is 4.74. The standard InChI is InChI=1S/C16H19FO/c1-4-5-6-7-13-8-9-14(15(17)12-13)10-11-16(2,3)18/h6-9,12,18H,4-5H2,1-3H3/b7-6+. The van der Waals surface area contributed by atoms with Crippen LogP contribution in [0.25, 0.3) is 6.08 Å². The number of rotatable bonds is 3. The van der Waals surface area contributed by atoms with Gasteiger partial charge in [-0.1, -0.05) is 43.4 Å². The van der Waals surface area contributed by atoms with Crippen LogP contribution >= 0.6 is 0 Å². The normalized spacial score (nSPS) is 11.4. The molecule has 0 bridgehead atoms. The smallest absolute Gasteiger partial charge is 0.139 e. The van der Waals surface area contributed by atoms with Crippen LogP contribution in [0.1, 0.15) is 44.7 Å². The minimum Gasteiger partial charge on any atom is -0.378 e. The molecule has 0 spiro atoms. The predicted octanol–water partition coefficient (Wildman–Crippen LogP) is 3.76. The number of allylic oxidation sites excluding steroid dienone is 1. The lowest BCUT2D eigenvalue weighted by molar-refractivity contribution is 0.143. The lowest BCUT2D eigenvalue weighted by atomic mass is 10.1. The first kappa shape index (κ1) is 14.5. The molecule has 0 aliphatic carbocycles. The molecule has 0 aromatic heterocycles. The molecule has 0 atom stereocenters. The third kappa shape index (κ3) is 5.16. The van der Waals surface area contributed by atoms with Gasteiger partial charge in [0.1, 0.15) is 11.4 Å². The SMILES string of the molecule is CCC/C=C/c1ccc(C#CC(C)(C)O)c(F)c1. The molecule has 0 amide bonds. The molecule has 0 saturated heterocycles. The highest BCUT2D eigenvalue weighted by molar-refractivity contribution is 5.52. The molecule has 2 heteroatoms. The van der Waals surface area contributed by atoms with Crippen molar-refractivity contribution in [3.63, 3.8) is 0 Å². The fraction of sp³-hybridized carbons (Fsp3) is 0.375. The maximum atomic E-state index is 13.7. The predicted molar refractivity (Wildman–Crippen MR) is 73.5 cm³/mol. The van der Waals surface area contributed by atoms with Gasteiger partial charge >= 0.3 is 0 Å². The summed E-state index contributed by atoms with van der Waals surface area (Å²) in [5, 5.41) is 9.46. The third-order valence-electron chi connectivity index (χ3n) is 2.26. The number of hydrogen-bond acceptors (Lipinski definition) is 1. The number of benzene rings is 1. The van der Waals surface area contributed by atoms with E-state index in [0.717, 1.165) is 18.4 Å². The zero-order valence-corrected chi connectivity index (χ0v) is 11.1. The van der Waals surface area contributed by atoms with Gasteiger partial charge in [0.15, 0.2) is 0 Å². The Bertz CT molecular complexity index is 484. The molecule has 0 radical (unpaired) electrons. The van der Waals surface area contributed by atoms with Gasteiger partial charge in [0.2, 0.25) is 0 Å². The number of halogens is 1. The molecule has 1 N–H and O–H groups in total. The van der Waals surface area contributed by atoms with Crippen LogP contribution in [-0.2, 0) is 0 Å². The Labute approximate surface area is 108 Å². The third-order valence-corrected chi connectivity index (χ3v) is 2.26. The van der Waals surface area contributed by atoms with E-state index in [1.165, 1.54) is 6.07 Å². The summed E-state index contributed by atoms with van der Waals surface area (Å²) in [6.45, 7) is 5.24. The fourth-order valence-electron chi connectivity index (χ4n) is 1.34. The van der Waals surface area contributed by atoms with Gasteiger partial charge in [0, 0.05) is 0 Å². The summed E-state index contributed by atoms with van der Waals surface area (Å²) in [6.07, 6.45) is 5.99. The summed E-state index contributed by atoms with van der Waals surface area (Å²) in [5.41, 5.74) is 0.0334. The molecule has 1 rings (SSSR count). The fourth-order valence-corrected chi connectivity index (χ4v) is 1.34. The van der Waals surface area contributed by atoms with E-state index < -0.39 is 5.60 Å². The van der Waals surface area contributed by atoms with Crippen LogP contribution in [0.4, 0.5) is 4.39 Å². The summed E-state index contributed by atoms with van der Waals surface area (Å²) in [5.74, 6) is 4.89. The molecule has 0 heterocycles. The van der Waals surface area contributed by atoms with E-state index >= 15 is 0 Å². The van der Waals surface area contributed by atoms with Crippen molar-refractivity contribution in [3.8, 4) is 11.8 Å². The Hall–Kier alpha value is -1.59. The van der Waals surface area contributed by atoms with E-state index in [2.05, 4.69) is 18.8 Å². The molecule has 1 aromatic carbocycles. The van der Waals surface area contributed by atoms with Gasteiger partial charge < -0.3 is 5.11 Å². The van der Waals surface area contributed by atoms with Gasteiger partial charge in [0.05, 0.1) is 5.56 Å². The summed E-state index contributed by atoms with van der Waals surface area (Å²) in [4.78, 5) is 0. The molecule has 0 aliphatic rings. The first-order valence-corrected chi connectivity index (χ1v) is 6.14. The van der Waals surface area contributed by atoms with Crippen molar-refractivity contribution in [2.75, 3.05) is 0 Å². The molecule has 1 nitrogen and oxygen atoms in total. The molecule has 0 unspecified atom stereocenters. The number of hydrogen-bond donors (Lipinski definition) is 1. The van der Waals surface area contributed by atoms with Crippen molar-refractivity contribution in [1.82, 2.24) is 0 Å². The Morgan fingerprint density at radius 3 is 2.67 bits per heavy atom. The highest BCUT2D eigenvalue weighted by Gasteiger charge is 2.06. The molecular formula is C16H19FO. The summed E-state index contributed by atoms with van der Waals surface area (Å²) in [7, 11) is 0. The Kier molecular flexibility index (Phi) is 5.12. The molecule has 0 saturated carbocycles. The minimum absolute atomic E-state index is 0.310. The van der Waals surface area contributed by atoms with Crippen molar-refractivity contribution >= 4 is 6.08 Å². The summed E-state index contributed by atoms with van der Waals surface area (Å²) in [6, 6.07) is 4.92. The van der Waals surface area contributed by atoms with Gasteiger partial charge in [-0.25, -0.2) is 4.39 Å². The van der Waals surface area contributed by atoms with Gasteiger partial charge in [-0.15, -0.1) is 0 Å². The van der Waals surface area contributed by atoms with Gasteiger partial charge in [-0.05, 0) is 38.0 Å². The van der Waals surface area contributed by atoms with Crippen molar-refractivity contribution in [2.24, 2.45) is 0 Å². The minimum atomic E-state index is -1.11. The van der Waals surface area contributed by atoms with Gasteiger partial charge in [-0.3, -0.25) is 0 Å². The summed E-state index contributed by atoms with van der Waals surface area (Å²) >= 11 is 0. The molecule has 0 fully saturated rings. The first-order valence-electron chi connectivity index (χ1n) is 6.14. The van der Waals surface area contributed by atoms with Crippen LogP contribution in [-0.4, -0.2) is 10.7 Å². The van der Waals surface area contributed by atoms with Crippen LogP contribution in [0.3, 0.4) is 0 Å². The van der Waals surface area contributed by atoms with E-state index in [1.807, 2.05) is 18.2 Å². The highest BCUT2D eigenvalue weighted by Crippen LogP contribution is 2.12. The monoisotopic (exact) mass is 246 g/mol. The van der Waals surface area contributed by atoms with Crippen molar-refractivity contribution in [1.29, 1.82) is 0 Å². The van der Waals surface area contributed by atoms with E-state index in [1.54, 1.807) is 19.9 Å². The lowest BCUT2D eigenvalue weighted by Gasteiger charge is -2.06. The first-order chi connectivity index (χ1) is 8.42. The van der Waals surface area contributed by atoms with Gasteiger partial charge in [-0.2, -0.15) is 0 Å². The Balaban J connectivity index is 2.89. The highest BCUT2D eigenvalue weighted by atomic mass is 19.1. The second-order valence-electron chi connectivity index (χ2n) is 4.74. The summed E-state index contributed by atoms with van der Waals surface area (Å²) < 4.78 is 13.7. The quantitative estimate of drug-likeness (QED) is 0.805. The number of unbranched alkanes of at least 4 members (excludes halogenated alkanes) is 1. The maximum Gasteiger partial charge on any atom is 0.139 e. The second kappa shape index (κ2) is 6.37. The average molecular weight is 246 g/mol.